The number of carbonyl (C=O) groups is 2. The van der Waals surface area contributed by atoms with Crippen molar-refractivity contribution in [2.45, 2.75) is 32.9 Å². The van der Waals surface area contributed by atoms with Crippen molar-refractivity contribution in [3.8, 4) is 0 Å². The minimum atomic E-state index is -0.356. The molecule has 6 heteroatoms. The maximum atomic E-state index is 12.6. The van der Waals surface area contributed by atoms with E-state index in [1.807, 2.05) is 37.3 Å². The van der Waals surface area contributed by atoms with Crippen molar-refractivity contribution in [1.29, 1.82) is 0 Å². The van der Waals surface area contributed by atoms with Crippen molar-refractivity contribution in [2.24, 2.45) is 0 Å². The van der Waals surface area contributed by atoms with Crippen LogP contribution in [0, 0.1) is 0 Å². The first-order valence-corrected chi connectivity index (χ1v) is 8.56. The highest BCUT2D eigenvalue weighted by atomic mass is 16.2. The zero-order valence-corrected chi connectivity index (χ0v) is 14.8. The Bertz CT molecular complexity index is 930. The first-order chi connectivity index (χ1) is 12.5. The maximum Gasteiger partial charge on any atom is 0.250 e. The van der Waals surface area contributed by atoms with Crippen LogP contribution < -0.4 is 10.9 Å². The lowest BCUT2D eigenvalue weighted by Gasteiger charge is -2.32. The number of nitrogens with zero attached hydrogens (tertiary/aromatic N) is 2. The summed E-state index contributed by atoms with van der Waals surface area (Å²) < 4.78 is 1.52. The summed E-state index contributed by atoms with van der Waals surface area (Å²) >= 11 is 0. The number of anilines is 1. The summed E-state index contributed by atoms with van der Waals surface area (Å²) in [6, 6.07) is 10.4. The fourth-order valence-corrected chi connectivity index (χ4v) is 3.15. The molecule has 1 aliphatic heterocycles. The summed E-state index contributed by atoms with van der Waals surface area (Å²) in [5.41, 5.74) is 2.39. The topological polar surface area (TPSA) is 71.4 Å². The second-order valence-corrected chi connectivity index (χ2v) is 6.18. The van der Waals surface area contributed by atoms with Crippen LogP contribution in [0.5, 0.6) is 0 Å². The normalized spacial score (nSPS) is 15.5. The second kappa shape index (κ2) is 7.39. The first-order valence-electron chi connectivity index (χ1n) is 8.56. The third-order valence-corrected chi connectivity index (χ3v) is 4.46. The van der Waals surface area contributed by atoms with Crippen LogP contribution in [-0.2, 0) is 16.1 Å². The van der Waals surface area contributed by atoms with Crippen LogP contribution in [0.4, 0.5) is 5.69 Å². The number of aromatic nitrogens is 1. The molecule has 1 unspecified atom stereocenters. The van der Waals surface area contributed by atoms with Crippen molar-refractivity contribution < 1.29 is 9.59 Å². The molecule has 2 aromatic rings. The molecular formula is C20H21N3O3. The van der Waals surface area contributed by atoms with Crippen molar-refractivity contribution >= 4 is 23.6 Å². The van der Waals surface area contributed by atoms with E-state index in [4.69, 9.17) is 0 Å². The Kier molecular flexibility index (Phi) is 5.02. The first kappa shape index (κ1) is 17.7. The monoisotopic (exact) mass is 351 g/mol. The molecule has 1 aromatic carbocycles. The summed E-state index contributed by atoms with van der Waals surface area (Å²) in [5.74, 6) is -0.333. The predicted molar refractivity (Wildman–Crippen MR) is 100 cm³/mol. The van der Waals surface area contributed by atoms with Gasteiger partial charge in [0, 0.05) is 31.9 Å². The molecular weight excluding hydrogens is 330 g/mol. The van der Waals surface area contributed by atoms with E-state index >= 15 is 0 Å². The lowest BCUT2D eigenvalue weighted by atomic mass is 9.93. The van der Waals surface area contributed by atoms with Gasteiger partial charge in [0.1, 0.15) is 0 Å². The number of carbonyl (C=O) groups excluding carboxylic acids is 2. The van der Waals surface area contributed by atoms with Gasteiger partial charge in [-0.1, -0.05) is 24.3 Å². The van der Waals surface area contributed by atoms with Gasteiger partial charge in [-0.05, 0) is 30.2 Å². The predicted octanol–water partition coefficient (Wildman–Crippen LogP) is 2.77. The van der Waals surface area contributed by atoms with E-state index in [0.29, 0.717) is 12.2 Å². The Morgan fingerprint density at radius 3 is 2.65 bits per heavy atom. The summed E-state index contributed by atoms with van der Waals surface area (Å²) in [5, 5.41) is 2.82. The molecule has 0 aliphatic carbocycles. The number of pyridine rings is 1. The van der Waals surface area contributed by atoms with Crippen LogP contribution in [0.25, 0.3) is 6.08 Å². The van der Waals surface area contributed by atoms with E-state index in [1.54, 1.807) is 23.4 Å². The van der Waals surface area contributed by atoms with Gasteiger partial charge in [0.2, 0.25) is 11.8 Å². The number of rotatable bonds is 4. The fourth-order valence-electron chi connectivity index (χ4n) is 3.15. The molecule has 0 saturated carbocycles. The van der Waals surface area contributed by atoms with Gasteiger partial charge in [0.05, 0.1) is 18.2 Å². The molecule has 1 atom stereocenters. The molecule has 2 heterocycles. The van der Waals surface area contributed by atoms with Gasteiger partial charge in [0.15, 0.2) is 0 Å². The minimum absolute atomic E-state index is 0.111. The number of benzene rings is 1. The highest BCUT2D eigenvalue weighted by Crippen LogP contribution is 2.33. The maximum absolute atomic E-state index is 12.6. The van der Waals surface area contributed by atoms with Crippen LogP contribution in [0.3, 0.4) is 0 Å². The molecule has 6 nitrogen and oxygen atoms in total. The van der Waals surface area contributed by atoms with Crippen molar-refractivity contribution in [2.75, 3.05) is 5.32 Å². The number of hydrogen-bond acceptors (Lipinski definition) is 3. The molecule has 0 radical (unpaired) electrons. The third-order valence-electron chi connectivity index (χ3n) is 4.46. The summed E-state index contributed by atoms with van der Waals surface area (Å²) in [7, 11) is 0. The van der Waals surface area contributed by atoms with Gasteiger partial charge in [-0.15, -0.1) is 0 Å². The van der Waals surface area contributed by atoms with Gasteiger partial charge in [0.25, 0.3) is 5.56 Å². The average Bonchev–Trinajstić information content (AvgIpc) is 2.63. The second-order valence-electron chi connectivity index (χ2n) is 6.18. The Hall–Kier alpha value is -3.15. The van der Waals surface area contributed by atoms with Gasteiger partial charge >= 0.3 is 0 Å². The number of nitrogens with one attached hydrogen (secondary N) is 1. The van der Waals surface area contributed by atoms with Gasteiger partial charge in [-0.3, -0.25) is 14.4 Å². The van der Waals surface area contributed by atoms with Crippen molar-refractivity contribution in [3.63, 3.8) is 0 Å². The van der Waals surface area contributed by atoms with E-state index in [2.05, 4.69) is 5.32 Å². The average molecular weight is 351 g/mol. The van der Waals surface area contributed by atoms with Gasteiger partial charge < -0.3 is 14.8 Å². The molecule has 0 fully saturated rings. The molecule has 0 spiro atoms. The lowest BCUT2D eigenvalue weighted by Crippen LogP contribution is -2.33. The largest absolute Gasteiger partial charge is 0.325 e. The molecule has 26 heavy (non-hydrogen) atoms. The zero-order valence-electron chi connectivity index (χ0n) is 14.8. The van der Waals surface area contributed by atoms with Crippen LogP contribution >= 0.6 is 0 Å². The Morgan fingerprint density at radius 2 is 1.92 bits per heavy atom. The van der Waals surface area contributed by atoms with E-state index in [0.717, 1.165) is 11.1 Å². The van der Waals surface area contributed by atoms with Crippen LogP contribution in [-0.4, -0.2) is 21.3 Å². The van der Waals surface area contributed by atoms with E-state index in [-0.39, 0.29) is 29.8 Å². The number of aryl methyl sites for hydroxylation is 1. The molecule has 1 aliphatic rings. The molecule has 0 saturated heterocycles. The molecule has 1 N–H and O–H groups in total. The van der Waals surface area contributed by atoms with Crippen LogP contribution in [0.2, 0.25) is 0 Å². The van der Waals surface area contributed by atoms with Gasteiger partial charge in [-0.25, -0.2) is 0 Å². The SMILES string of the molecule is CCn1cc(NC(=O)CC2c3ccccc3C=CN2C(C)=O)ccc1=O. The molecule has 2 amide bonds. The summed E-state index contributed by atoms with van der Waals surface area (Å²) in [4.78, 5) is 37.8. The van der Waals surface area contributed by atoms with E-state index < -0.39 is 0 Å². The quantitative estimate of drug-likeness (QED) is 0.921. The van der Waals surface area contributed by atoms with Crippen molar-refractivity contribution in [3.05, 3.63) is 70.3 Å². The number of fused-ring (bicyclic) bond motifs is 1. The molecule has 134 valence electrons. The Balaban J connectivity index is 1.81. The minimum Gasteiger partial charge on any atom is -0.325 e. The molecule has 1 aromatic heterocycles. The van der Waals surface area contributed by atoms with E-state index in [1.165, 1.54) is 17.6 Å². The molecule has 0 bridgehead atoms. The van der Waals surface area contributed by atoms with Crippen LogP contribution in [0.1, 0.15) is 37.4 Å². The highest BCUT2D eigenvalue weighted by molar-refractivity contribution is 5.92. The third kappa shape index (κ3) is 3.59. The van der Waals surface area contributed by atoms with Crippen LogP contribution in [0.15, 0.2) is 53.6 Å². The molecule has 3 rings (SSSR count). The summed E-state index contributed by atoms with van der Waals surface area (Å²) in [6.07, 6.45) is 5.35. The van der Waals surface area contributed by atoms with E-state index in [9.17, 15) is 14.4 Å². The fraction of sp³-hybridized carbons (Fsp3) is 0.250. The number of hydrogen-bond donors (Lipinski definition) is 1. The van der Waals surface area contributed by atoms with Gasteiger partial charge in [-0.2, -0.15) is 0 Å². The Labute approximate surface area is 151 Å². The standard InChI is InChI=1S/C20H21N3O3/c1-3-22-13-16(8-9-20(22)26)21-19(25)12-18-17-7-5-4-6-15(17)10-11-23(18)14(2)24/h4-11,13,18H,3,12H2,1-2H3,(H,21,25). The highest BCUT2D eigenvalue weighted by Gasteiger charge is 2.28. The lowest BCUT2D eigenvalue weighted by molar-refractivity contribution is -0.129. The van der Waals surface area contributed by atoms with Crippen molar-refractivity contribution in [1.82, 2.24) is 9.47 Å². The smallest absolute Gasteiger partial charge is 0.250 e. The summed E-state index contributed by atoms with van der Waals surface area (Å²) in [6.45, 7) is 3.88. The Morgan fingerprint density at radius 1 is 1.15 bits per heavy atom. The zero-order chi connectivity index (χ0) is 18.7. The number of amides is 2.